The Bertz CT molecular complexity index is 929. The summed E-state index contributed by atoms with van der Waals surface area (Å²) in [6.07, 6.45) is 3.73. The van der Waals surface area contributed by atoms with E-state index in [9.17, 15) is 5.11 Å². The summed E-state index contributed by atoms with van der Waals surface area (Å²) in [6.45, 7) is 1.77. The van der Waals surface area contributed by atoms with Crippen LogP contribution in [0, 0.1) is 0 Å². The first-order valence-electron chi connectivity index (χ1n) is 9.04. The lowest BCUT2D eigenvalue weighted by Crippen LogP contribution is -2.36. The van der Waals surface area contributed by atoms with Crippen molar-refractivity contribution in [1.29, 1.82) is 0 Å². The van der Waals surface area contributed by atoms with Gasteiger partial charge in [0, 0.05) is 38.1 Å². The Morgan fingerprint density at radius 2 is 1.79 bits per heavy atom. The maximum Gasteiger partial charge on any atom is 0.191 e. The smallest absolute Gasteiger partial charge is 0.191 e. The van der Waals surface area contributed by atoms with Crippen molar-refractivity contribution in [1.82, 2.24) is 20.4 Å². The van der Waals surface area contributed by atoms with E-state index in [0.717, 1.165) is 5.56 Å². The van der Waals surface area contributed by atoms with Crippen molar-refractivity contribution in [3.05, 3.63) is 77.6 Å². The van der Waals surface area contributed by atoms with Crippen LogP contribution in [-0.4, -0.2) is 35.0 Å². The Balaban J connectivity index is 0.00000300. The van der Waals surface area contributed by atoms with Crippen LogP contribution in [0.15, 0.2) is 65.9 Å². The lowest BCUT2D eigenvalue weighted by atomic mass is 10.1. The van der Waals surface area contributed by atoms with Crippen molar-refractivity contribution in [3.8, 4) is 11.5 Å². The number of methoxy groups -OCH3 is 1. The third-order valence-electron chi connectivity index (χ3n) is 4.41. The number of nitrogens with one attached hydrogen (secondary N) is 2. The Labute approximate surface area is 187 Å². The largest absolute Gasteiger partial charge is 0.508 e. The SMILES string of the molecule is CN=C(NCc1cc(OC)ccc1O)NCc1ccccc1Cn1cccn1.I. The molecule has 7 nitrogen and oxygen atoms in total. The fraction of sp³-hybridized carbons (Fsp3) is 0.238. The van der Waals surface area contributed by atoms with Gasteiger partial charge in [0.1, 0.15) is 11.5 Å². The van der Waals surface area contributed by atoms with E-state index in [-0.39, 0.29) is 29.7 Å². The minimum atomic E-state index is 0. The summed E-state index contributed by atoms with van der Waals surface area (Å²) < 4.78 is 7.11. The van der Waals surface area contributed by atoms with Gasteiger partial charge in [0.05, 0.1) is 13.7 Å². The predicted octanol–water partition coefficient (Wildman–Crippen LogP) is 3.13. The number of phenolic OH excluding ortho intramolecular Hbond substituents is 1. The first kappa shape index (κ1) is 22.5. The molecule has 0 fully saturated rings. The van der Waals surface area contributed by atoms with E-state index in [1.807, 2.05) is 29.1 Å². The fourth-order valence-electron chi connectivity index (χ4n) is 2.86. The van der Waals surface area contributed by atoms with E-state index in [2.05, 4.69) is 32.9 Å². The molecule has 0 saturated carbocycles. The highest BCUT2D eigenvalue weighted by molar-refractivity contribution is 14.0. The summed E-state index contributed by atoms with van der Waals surface area (Å²) >= 11 is 0. The van der Waals surface area contributed by atoms with Crippen LogP contribution in [0.2, 0.25) is 0 Å². The molecule has 0 spiro atoms. The van der Waals surface area contributed by atoms with E-state index in [1.165, 1.54) is 11.1 Å². The van der Waals surface area contributed by atoms with Crippen LogP contribution in [0.25, 0.3) is 0 Å². The van der Waals surface area contributed by atoms with Crippen LogP contribution in [0.4, 0.5) is 0 Å². The number of halogens is 1. The second kappa shape index (κ2) is 11.3. The molecule has 0 aliphatic rings. The summed E-state index contributed by atoms with van der Waals surface area (Å²) in [6, 6.07) is 15.3. The van der Waals surface area contributed by atoms with Crippen LogP contribution in [0.5, 0.6) is 11.5 Å². The number of benzene rings is 2. The molecule has 0 saturated heterocycles. The molecule has 0 atom stereocenters. The summed E-state index contributed by atoms with van der Waals surface area (Å²) in [7, 11) is 3.32. The highest BCUT2D eigenvalue weighted by Crippen LogP contribution is 2.22. The van der Waals surface area contributed by atoms with Crippen molar-refractivity contribution in [2.75, 3.05) is 14.2 Å². The molecule has 1 heterocycles. The van der Waals surface area contributed by atoms with Crippen molar-refractivity contribution in [2.45, 2.75) is 19.6 Å². The number of guanidine groups is 1. The Morgan fingerprint density at radius 1 is 1.07 bits per heavy atom. The van der Waals surface area contributed by atoms with E-state index in [4.69, 9.17) is 4.74 Å². The molecule has 0 unspecified atom stereocenters. The number of rotatable bonds is 7. The number of aliphatic imine (C=N–C) groups is 1. The van der Waals surface area contributed by atoms with Gasteiger partial charge in [0.25, 0.3) is 0 Å². The van der Waals surface area contributed by atoms with Crippen LogP contribution in [0.1, 0.15) is 16.7 Å². The van der Waals surface area contributed by atoms with Gasteiger partial charge < -0.3 is 20.5 Å². The molecular formula is C21H26IN5O2. The normalized spacial score (nSPS) is 10.9. The van der Waals surface area contributed by atoms with Gasteiger partial charge in [-0.1, -0.05) is 24.3 Å². The second-order valence-corrected chi connectivity index (χ2v) is 6.25. The number of ether oxygens (including phenoxy) is 1. The summed E-state index contributed by atoms with van der Waals surface area (Å²) in [5, 5.41) is 20.8. The predicted molar refractivity (Wildman–Crippen MR) is 125 cm³/mol. The van der Waals surface area contributed by atoms with Gasteiger partial charge in [-0.3, -0.25) is 9.67 Å². The molecule has 1 aromatic heterocycles. The molecule has 0 radical (unpaired) electrons. The zero-order chi connectivity index (χ0) is 19.8. The molecule has 3 rings (SSSR count). The zero-order valence-corrected chi connectivity index (χ0v) is 18.8. The molecule has 3 N–H and O–H groups in total. The third-order valence-corrected chi connectivity index (χ3v) is 4.41. The average molecular weight is 507 g/mol. The molecule has 0 bridgehead atoms. The highest BCUT2D eigenvalue weighted by atomic mass is 127. The first-order chi connectivity index (χ1) is 13.7. The first-order valence-corrected chi connectivity index (χ1v) is 9.04. The molecule has 3 aromatic rings. The fourth-order valence-corrected chi connectivity index (χ4v) is 2.86. The summed E-state index contributed by atoms with van der Waals surface area (Å²) in [5.74, 6) is 1.56. The molecule has 29 heavy (non-hydrogen) atoms. The van der Waals surface area contributed by atoms with Gasteiger partial charge in [-0.15, -0.1) is 24.0 Å². The minimum Gasteiger partial charge on any atom is -0.508 e. The zero-order valence-electron chi connectivity index (χ0n) is 16.5. The quantitative estimate of drug-likeness (QED) is 0.260. The standard InChI is InChI=1S/C21H25N5O2.HI/c1-22-21(24-14-18-12-19(28-2)8-9-20(18)27)23-13-16-6-3-4-7-17(16)15-26-11-5-10-25-26;/h3-12,27H,13-15H2,1-2H3,(H2,22,23,24);1H. The monoisotopic (exact) mass is 507 g/mol. The molecule has 0 aliphatic carbocycles. The lowest BCUT2D eigenvalue weighted by molar-refractivity contribution is 0.410. The number of nitrogens with zero attached hydrogens (tertiary/aromatic N) is 3. The average Bonchev–Trinajstić information content (AvgIpc) is 3.23. The van der Waals surface area contributed by atoms with Gasteiger partial charge in [-0.25, -0.2) is 0 Å². The van der Waals surface area contributed by atoms with E-state index < -0.39 is 0 Å². The number of hydrogen-bond acceptors (Lipinski definition) is 4. The van der Waals surface area contributed by atoms with Crippen molar-refractivity contribution >= 4 is 29.9 Å². The number of phenols is 1. The Hall–Kier alpha value is -2.75. The van der Waals surface area contributed by atoms with E-state index >= 15 is 0 Å². The van der Waals surface area contributed by atoms with Crippen LogP contribution in [-0.2, 0) is 19.6 Å². The number of hydrogen-bond donors (Lipinski definition) is 3. The van der Waals surface area contributed by atoms with Gasteiger partial charge >= 0.3 is 0 Å². The van der Waals surface area contributed by atoms with Gasteiger partial charge in [0.2, 0.25) is 0 Å². The Morgan fingerprint density at radius 3 is 2.45 bits per heavy atom. The minimum absolute atomic E-state index is 0. The van der Waals surface area contributed by atoms with Crippen molar-refractivity contribution in [2.24, 2.45) is 4.99 Å². The van der Waals surface area contributed by atoms with Gasteiger partial charge in [0.15, 0.2) is 5.96 Å². The third kappa shape index (κ3) is 6.38. The van der Waals surface area contributed by atoms with Crippen LogP contribution >= 0.6 is 24.0 Å². The second-order valence-electron chi connectivity index (χ2n) is 6.25. The summed E-state index contributed by atoms with van der Waals surface area (Å²) in [5.41, 5.74) is 3.10. The van der Waals surface area contributed by atoms with Crippen LogP contribution < -0.4 is 15.4 Å². The van der Waals surface area contributed by atoms with Crippen molar-refractivity contribution < 1.29 is 9.84 Å². The molecule has 2 aromatic carbocycles. The van der Waals surface area contributed by atoms with Gasteiger partial charge in [-0.05, 0) is 35.4 Å². The van der Waals surface area contributed by atoms with E-state index in [0.29, 0.717) is 31.3 Å². The van der Waals surface area contributed by atoms with Crippen LogP contribution in [0.3, 0.4) is 0 Å². The topological polar surface area (TPSA) is 83.7 Å². The molecule has 0 amide bonds. The summed E-state index contributed by atoms with van der Waals surface area (Å²) in [4.78, 5) is 4.26. The molecule has 154 valence electrons. The maximum absolute atomic E-state index is 10.0. The lowest BCUT2D eigenvalue weighted by Gasteiger charge is -2.15. The maximum atomic E-state index is 10.0. The molecular weight excluding hydrogens is 481 g/mol. The Kier molecular flexibility index (Phi) is 8.78. The van der Waals surface area contributed by atoms with Crippen molar-refractivity contribution in [3.63, 3.8) is 0 Å². The molecule has 8 heteroatoms. The molecule has 0 aliphatic heterocycles. The highest BCUT2D eigenvalue weighted by Gasteiger charge is 2.07. The number of aromatic nitrogens is 2. The van der Waals surface area contributed by atoms with E-state index in [1.54, 1.807) is 38.6 Å². The number of aromatic hydroxyl groups is 1. The van der Waals surface area contributed by atoms with Gasteiger partial charge in [-0.2, -0.15) is 5.10 Å².